The maximum Gasteiger partial charge on any atom is 0.231 e. The molecule has 2 aromatic rings. The standard InChI is InChI=1S/C18H23N3O2S/c1-13-4-2-3-5-16(13)20-17(23)10-18-19-14(12-24-18)11-21(8-9-22)15-6-7-15/h2-5,12,15,22H,6-11H2,1H3,(H,20,23). The van der Waals surface area contributed by atoms with Crippen LogP contribution in [0.1, 0.15) is 29.1 Å². The van der Waals surface area contributed by atoms with Crippen molar-refractivity contribution in [3.8, 4) is 0 Å². The van der Waals surface area contributed by atoms with Crippen molar-refractivity contribution < 1.29 is 9.90 Å². The molecule has 0 saturated heterocycles. The number of rotatable bonds is 8. The van der Waals surface area contributed by atoms with Crippen LogP contribution in [-0.4, -0.2) is 40.1 Å². The smallest absolute Gasteiger partial charge is 0.231 e. The number of hydrogen-bond donors (Lipinski definition) is 2. The predicted octanol–water partition coefficient (Wildman–Crippen LogP) is 2.59. The molecule has 0 bridgehead atoms. The summed E-state index contributed by atoms with van der Waals surface area (Å²) in [6.45, 7) is 3.59. The van der Waals surface area contributed by atoms with Gasteiger partial charge in [-0.2, -0.15) is 0 Å². The van der Waals surface area contributed by atoms with E-state index in [4.69, 9.17) is 5.11 Å². The van der Waals surface area contributed by atoms with Crippen molar-refractivity contribution >= 4 is 22.9 Å². The van der Waals surface area contributed by atoms with E-state index in [0.29, 0.717) is 19.0 Å². The van der Waals surface area contributed by atoms with Gasteiger partial charge >= 0.3 is 0 Å². The first kappa shape index (κ1) is 17.1. The Morgan fingerprint density at radius 2 is 2.21 bits per heavy atom. The third-order valence-electron chi connectivity index (χ3n) is 4.15. The van der Waals surface area contributed by atoms with Gasteiger partial charge in [-0.3, -0.25) is 9.69 Å². The van der Waals surface area contributed by atoms with Crippen LogP contribution in [0.5, 0.6) is 0 Å². The van der Waals surface area contributed by atoms with Gasteiger partial charge in [0, 0.05) is 30.2 Å². The lowest BCUT2D eigenvalue weighted by Gasteiger charge is -2.19. The van der Waals surface area contributed by atoms with Crippen molar-refractivity contribution in [2.45, 2.75) is 38.8 Å². The second-order valence-corrected chi connectivity index (χ2v) is 7.14. The minimum Gasteiger partial charge on any atom is -0.395 e. The normalized spacial score (nSPS) is 14.1. The number of benzene rings is 1. The van der Waals surface area contributed by atoms with Crippen LogP contribution in [0.15, 0.2) is 29.6 Å². The molecule has 1 aliphatic rings. The fourth-order valence-electron chi connectivity index (χ4n) is 2.71. The van der Waals surface area contributed by atoms with Gasteiger partial charge in [0.2, 0.25) is 5.91 Å². The van der Waals surface area contributed by atoms with E-state index in [0.717, 1.165) is 28.5 Å². The van der Waals surface area contributed by atoms with Crippen LogP contribution in [0.25, 0.3) is 0 Å². The van der Waals surface area contributed by atoms with E-state index >= 15 is 0 Å². The monoisotopic (exact) mass is 345 g/mol. The summed E-state index contributed by atoms with van der Waals surface area (Å²) in [7, 11) is 0. The molecule has 1 aliphatic carbocycles. The van der Waals surface area contributed by atoms with Crippen LogP contribution in [0.2, 0.25) is 0 Å². The fraction of sp³-hybridized carbons (Fsp3) is 0.444. The molecule has 1 aromatic carbocycles. The highest BCUT2D eigenvalue weighted by Crippen LogP contribution is 2.28. The van der Waals surface area contributed by atoms with E-state index in [1.54, 1.807) is 0 Å². The molecule has 0 atom stereocenters. The second kappa shape index (κ2) is 7.88. The molecule has 5 nitrogen and oxygen atoms in total. The summed E-state index contributed by atoms with van der Waals surface area (Å²) in [5.41, 5.74) is 2.89. The number of aryl methyl sites for hydroxylation is 1. The van der Waals surface area contributed by atoms with Crippen LogP contribution in [0.3, 0.4) is 0 Å². The zero-order valence-electron chi connectivity index (χ0n) is 13.9. The Bertz CT molecular complexity index is 697. The number of nitrogens with zero attached hydrogens (tertiary/aromatic N) is 2. The van der Waals surface area contributed by atoms with Crippen LogP contribution >= 0.6 is 11.3 Å². The molecular formula is C18H23N3O2S. The number of anilines is 1. The van der Waals surface area contributed by atoms with Gasteiger partial charge in [-0.15, -0.1) is 11.3 Å². The summed E-state index contributed by atoms with van der Waals surface area (Å²) >= 11 is 1.52. The molecule has 6 heteroatoms. The van der Waals surface area contributed by atoms with Gasteiger partial charge in [-0.05, 0) is 31.4 Å². The lowest BCUT2D eigenvalue weighted by atomic mass is 10.2. The van der Waals surface area contributed by atoms with E-state index in [2.05, 4.69) is 15.2 Å². The van der Waals surface area contributed by atoms with Crippen molar-refractivity contribution in [3.63, 3.8) is 0 Å². The molecule has 2 N–H and O–H groups in total. The van der Waals surface area contributed by atoms with Crippen molar-refractivity contribution in [2.75, 3.05) is 18.5 Å². The van der Waals surface area contributed by atoms with E-state index in [-0.39, 0.29) is 12.5 Å². The molecule has 0 spiro atoms. The first-order valence-electron chi connectivity index (χ1n) is 8.29. The lowest BCUT2D eigenvalue weighted by Crippen LogP contribution is -2.28. The number of hydrogen-bond acceptors (Lipinski definition) is 5. The van der Waals surface area contributed by atoms with E-state index < -0.39 is 0 Å². The predicted molar refractivity (Wildman–Crippen MR) is 96.1 cm³/mol. The Morgan fingerprint density at radius 1 is 1.42 bits per heavy atom. The van der Waals surface area contributed by atoms with Gasteiger partial charge < -0.3 is 10.4 Å². The highest BCUT2D eigenvalue weighted by Gasteiger charge is 2.28. The molecule has 0 unspecified atom stereocenters. The topological polar surface area (TPSA) is 65.5 Å². The van der Waals surface area contributed by atoms with E-state index in [1.807, 2.05) is 36.6 Å². The Labute approximate surface area is 146 Å². The number of amides is 1. The molecule has 1 saturated carbocycles. The minimum absolute atomic E-state index is 0.0420. The summed E-state index contributed by atoms with van der Waals surface area (Å²) in [6, 6.07) is 8.34. The zero-order valence-corrected chi connectivity index (χ0v) is 14.7. The van der Waals surface area contributed by atoms with Crippen LogP contribution < -0.4 is 5.32 Å². The minimum atomic E-state index is -0.0420. The number of aliphatic hydroxyl groups is 1. The van der Waals surface area contributed by atoms with Crippen LogP contribution in [0, 0.1) is 6.92 Å². The Morgan fingerprint density at radius 3 is 2.92 bits per heavy atom. The number of aliphatic hydroxyl groups excluding tert-OH is 1. The van der Waals surface area contributed by atoms with E-state index in [1.165, 1.54) is 24.2 Å². The molecule has 24 heavy (non-hydrogen) atoms. The fourth-order valence-corrected chi connectivity index (χ4v) is 3.50. The second-order valence-electron chi connectivity index (χ2n) is 6.20. The van der Waals surface area contributed by atoms with Crippen LogP contribution in [0.4, 0.5) is 5.69 Å². The summed E-state index contributed by atoms with van der Waals surface area (Å²) in [5.74, 6) is -0.0420. The van der Waals surface area contributed by atoms with Gasteiger partial charge in [0.25, 0.3) is 0 Å². The summed E-state index contributed by atoms with van der Waals surface area (Å²) in [4.78, 5) is 19.0. The maximum absolute atomic E-state index is 12.2. The van der Waals surface area contributed by atoms with E-state index in [9.17, 15) is 4.79 Å². The molecular weight excluding hydrogens is 322 g/mol. The SMILES string of the molecule is Cc1ccccc1NC(=O)Cc1nc(CN(CCO)C2CC2)cs1. The van der Waals surface area contributed by atoms with Crippen LogP contribution in [-0.2, 0) is 17.8 Å². The van der Waals surface area contributed by atoms with Crippen molar-refractivity contribution in [2.24, 2.45) is 0 Å². The largest absolute Gasteiger partial charge is 0.395 e. The van der Waals surface area contributed by atoms with Crippen molar-refractivity contribution in [1.29, 1.82) is 0 Å². The summed E-state index contributed by atoms with van der Waals surface area (Å²) in [6.07, 6.45) is 2.70. The third-order valence-corrected chi connectivity index (χ3v) is 5.04. The Kier molecular flexibility index (Phi) is 5.60. The van der Waals surface area contributed by atoms with Gasteiger partial charge in [-0.25, -0.2) is 4.98 Å². The molecule has 1 fully saturated rings. The van der Waals surface area contributed by atoms with Gasteiger partial charge in [0.05, 0.1) is 18.7 Å². The molecule has 1 heterocycles. The summed E-state index contributed by atoms with van der Waals surface area (Å²) in [5, 5.41) is 15.0. The Hall–Kier alpha value is -1.76. The number of para-hydroxylation sites is 1. The average Bonchev–Trinajstić information content (AvgIpc) is 3.31. The number of aromatic nitrogens is 1. The molecule has 1 aromatic heterocycles. The molecule has 3 rings (SSSR count). The first-order chi connectivity index (χ1) is 11.7. The highest BCUT2D eigenvalue weighted by molar-refractivity contribution is 7.09. The number of nitrogens with one attached hydrogen (secondary N) is 1. The summed E-state index contributed by atoms with van der Waals surface area (Å²) < 4.78 is 0. The molecule has 128 valence electrons. The molecule has 0 radical (unpaired) electrons. The molecule has 1 amide bonds. The quantitative estimate of drug-likeness (QED) is 0.772. The van der Waals surface area contributed by atoms with Gasteiger partial charge in [-0.1, -0.05) is 18.2 Å². The van der Waals surface area contributed by atoms with Crippen molar-refractivity contribution in [1.82, 2.24) is 9.88 Å². The zero-order chi connectivity index (χ0) is 16.9. The number of thiazole rings is 1. The third kappa shape index (κ3) is 4.63. The van der Waals surface area contributed by atoms with Gasteiger partial charge in [0.15, 0.2) is 0 Å². The van der Waals surface area contributed by atoms with Gasteiger partial charge in [0.1, 0.15) is 5.01 Å². The molecule has 0 aliphatic heterocycles. The number of carbonyl (C=O) groups is 1. The average molecular weight is 345 g/mol. The lowest BCUT2D eigenvalue weighted by molar-refractivity contribution is -0.115. The Balaban J connectivity index is 1.55. The van der Waals surface area contributed by atoms with Crippen molar-refractivity contribution in [3.05, 3.63) is 45.9 Å². The first-order valence-corrected chi connectivity index (χ1v) is 9.17. The highest BCUT2D eigenvalue weighted by atomic mass is 32.1. The maximum atomic E-state index is 12.2. The number of carbonyl (C=O) groups excluding carboxylic acids is 1.